The van der Waals surface area contributed by atoms with Crippen LogP contribution in [-0.2, 0) is 14.8 Å². The fraction of sp³-hybridized carbons (Fsp3) is 0.261. The summed E-state index contributed by atoms with van der Waals surface area (Å²) in [4.78, 5) is 14.9. The minimum Gasteiger partial charge on any atom is -0.377 e. The Hall–Kier alpha value is -3.08. The van der Waals surface area contributed by atoms with Crippen molar-refractivity contribution in [2.75, 3.05) is 24.7 Å². The number of aromatic nitrogens is 4. The summed E-state index contributed by atoms with van der Waals surface area (Å²) in [7, 11) is -3.88. The first-order valence-corrected chi connectivity index (χ1v) is 12.5. The number of ether oxygens (including phenoxy) is 1. The van der Waals surface area contributed by atoms with E-state index in [0.29, 0.717) is 30.7 Å². The van der Waals surface area contributed by atoms with Gasteiger partial charge in [0.05, 0.1) is 24.2 Å². The lowest BCUT2D eigenvalue weighted by molar-refractivity contribution is 0.0981. The van der Waals surface area contributed by atoms with Crippen molar-refractivity contribution < 1.29 is 17.5 Å². The highest BCUT2D eigenvalue weighted by Gasteiger charge is 2.27. The second-order valence-electron chi connectivity index (χ2n) is 8.12. The predicted molar refractivity (Wildman–Crippen MR) is 127 cm³/mol. The molecule has 1 atom stereocenters. The van der Waals surface area contributed by atoms with Gasteiger partial charge in [0.2, 0.25) is 5.82 Å². The molecule has 0 spiro atoms. The van der Waals surface area contributed by atoms with E-state index in [9.17, 15) is 12.8 Å². The Bertz CT molecular complexity index is 1490. The lowest BCUT2D eigenvalue weighted by Gasteiger charge is -2.34. The summed E-state index contributed by atoms with van der Waals surface area (Å²) in [6.45, 7) is 5.14. The van der Waals surface area contributed by atoms with Crippen molar-refractivity contribution >= 4 is 38.5 Å². The molecule has 5 rings (SSSR count). The van der Waals surface area contributed by atoms with Gasteiger partial charge in [-0.1, -0.05) is 29.3 Å². The van der Waals surface area contributed by atoms with Crippen molar-refractivity contribution in [2.24, 2.45) is 0 Å². The first-order chi connectivity index (χ1) is 16.3. The molecule has 4 aromatic rings. The summed E-state index contributed by atoms with van der Waals surface area (Å²) in [5.74, 6) is -0.440. The number of halogens is 2. The Morgan fingerprint density at radius 3 is 2.65 bits per heavy atom. The van der Waals surface area contributed by atoms with Crippen LogP contribution in [0.25, 0.3) is 22.4 Å². The molecule has 1 aliphatic rings. The molecule has 34 heavy (non-hydrogen) atoms. The van der Waals surface area contributed by atoms with E-state index in [-0.39, 0.29) is 33.4 Å². The third kappa shape index (κ3) is 3.81. The van der Waals surface area contributed by atoms with Crippen molar-refractivity contribution in [3.63, 3.8) is 0 Å². The summed E-state index contributed by atoms with van der Waals surface area (Å²) >= 11 is 6.16. The lowest BCUT2D eigenvalue weighted by Crippen LogP contribution is -2.44. The molecule has 1 saturated heterocycles. The van der Waals surface area contributed by atoms with Crippen LogP contribution >= 0.6 is 11.6 Å². The van der Waals surface area contributed by atoms with Crippen LogP contribution in [0.1, 0.15) is 12.5 Å². The first-order valence-electron chi connectivity index (χ1n) is 10.6. The molecule has 0 amide bonds. The van der Waals surface area contributed by atoms with Crippen LogP contribution in [0.2, 0.25) is 5.15 Å². The standard InChI is InChI=1S/C23H21ClFN5O3S/c1-14-3-5-16(6-4-14)34(31,32)30-10-8-18-17(7-9-26-22(18)30)21-27-20(24)19(25)23(28-21)29-11-12-33-13-15(29)2/h3-10,15H,11-13H2,1-2H3/t15-/m1/s1. The van der Waals surface area contributed by atoms with Gasteiger partial charge in [0.15, 0.2) is 22.4 Å². The van der Waals surface area contributed by atoms with Crippen molar-refractivity contribution in [3.8, 4) is 11.4 Å². The molecule has 0 bridgehead atoms. The molecule has 1 aromatic carbocycles. The Balaban J connectivity index is 1.64. The third-order valence-corrected chi connectivity index (χ3v) is 7.74. The van der Waals surface area contributed by atoms with Crippen LogP contribution in [0.5, 0.6) is 0 Å². The number of hydrogen-bond donors (Lipinski definition) is 0. The highest BCUT2D eigenvalue weighted by molar-refractivity contribution is 7.90. The Morgan fingerprint density at radius 1 is 1.15 bits per heavy atom. The number of benzene rings is 1. The van der Waals surface area contributed by atoms with Crippen LogP contribution in [0.15, 0.2) is 53.7 Å². The molecule has 8 nitrogen and oxygen atoms in total. The fourth-order valence-electron chi connectivity index (χ4n) is 3.99. The Morgan fingerprint density at radius 2 is 1.91 bits per heavy atom. The minimum atomic E-state index is -3.88. The quantitative estimate of drug-likeness (QED) is 0.389. The molecule has 0 N–H and O–H groups in total. The van der Waals surface area contributed by atoms with Crippen molar-refractivity contribution in [2.45, 2.75) is 24.8 Å². The van der Waals surface area contributed by atoms with Gasteiger partial charge in [-0.15, -0.1) is 0 Å². The van der Waals surface area contributed by atoms with Crippen LogP contribution < -0.4 is 4.90 Å². The average molecular weight is 502 g/mol. The van der Waals surface area contributed by atoms with Crippen molar-refractivity contribution in [1.82, 2.24) is 18.9 Å². The Labute approximate surface area is 201 Å². The molecule has 176 valence electrons. The number of aryl methyl sites for hydroxylation is 1. The van der Waals surface area contributed by atoms with Gasteiger partial charge in [-0.05, 0) is 38.1 Å². The van der Waals surface area contributed by atoms with Gasteiger partial charge in [0.1, 0.15) is 0 Å². The zero-order chi connectivity index (χ0) is 24.0. The van der Waals surface area contributed by atoms with Gasteiger partial charge < -0.3 is 9.64 Å². The number of rotatable bonds is 4. The SMILES string of the molecule is Cc1ccc(S(=O)(=O)n2ccc3c(-c4nc(Cl)c(F)c(N5CCOC[C@H]5C)n4)ccnc32)cc1. The first kappa shape index (κ1) is 22.7. The van der Waals surface area contributed by atoms with E-state index in [1.165, 1.54) is 12.4 Å². The predicted octanol–water partition coefficient (Wildman–Crippen LogP) is 4.06. The molecule has 1 aliphatic heterocycles. The summed E-state index contributed by atoms with van der Waals surface area (Å²) in [5.41, 5.74) is 1.66. The number of fused-ring (bicyclic) bond motifs is 1. The number of anilines is 1. The Kier molecular flexibility index (Phi) is 5.75. The summed E-state index contributed by atoms with van der Waals surface area (Å²) in [6.07, 6.45) is 2.91. The number of morpholine rings is 1. The monoisotopic (exact) mass is 501 g/mol. The van der Waals surface area contributed by atoms with E-state index < -0.39 is 15.8 Å². The fourth-order valence-corrected chi connectivity index (χ4v) is 5.45. The minimum absolute atomic E-state index is 0.0856. The summed E-state index contributed by atoms with van der Waals surface area (Å²) in [5, 5.41) is 0.192. The van der Waals surface area contributed by atoms with E-state index in [0.717, 1.165) is 9.54 Å². The number of nitrogens with zero attached hydrogens (tertiary/aromatic N) is 5. The van der Waals surface area contributed by atoms with Gasteiger partial charge in [-0.25, -0.2) is 27.3 Å². The zero-order valence-electron chi connectivity index (χ0n) is 18.4. The molecule has 11 heteroatoms. The largest absolute Gasteiger partial charge is 0.377 e. The van der Waals surface area contributed by atoms with E-state index in [1.54, 1.807) is 41.3 Å². The van der Waals surface area contributed by atoms with Crippen molar-refractivity contribution in [3.05, 3.63) is 65.3 Å². The van der Waals surface area contributed by atoms with Gasteiger partial charge in [0, 0.05) is 29.9 Å². The normalized spacial score (nSPS) is 16.8. The molecule has 0 radical (unpaired) electrons. The highest BCUT2D eigenvalue weighted by atomic mass is 35.5. The number of hydrogen-bond acceptors (Lipinski definition) is 7. The number of pyridine rings is 1. The topological polar surface area (TPSA) is 90.2 Å². The second-order valence-corrected chi connectivity index (χ2v) is 10.3. The molecule has 3 aromatic heterocycles. The van der Waals surface area contributed by atoms with Crippen LogP contribution in [0.3, 0.4) is 0 Å². The molecular weight excluding hydrogens is 481 g/mol. The lowest BCUT2D eigenvalue weighted by atomic mass is 10.1. The van der Waals surface area contributed by atoms with Gasteiger partial charge in [0.25, 0.3) is 10.0 Å². The van der Waals surface area contributed by atoms with E-state index >= 15 is 0 Å². The molecule has 4 heterocycles. The van der Waals surface area contributed by atoms with Crippen LogP contribution in [0.4, 0.5) is 10.2 Å². The van der Waals surface area contributed by atoms with Crippen molar-refractivity contribution in [1.29, 1.82) is 0 Å². The highest BCUT2D eigenvalue weighted by Crippen LogP contribution is 2.32. The molecule has 0 aliphatic carbocycles. The molecular formula is C23H21ClFN5O3S. The van der Waals surface area contributed by atoms with Gasteiger partial charge in [-0.2, -0.15) is 4.39 Å². The van der Waals surface area contributed by atoms with Crippen LogP contribution in [0, 0.1) is 12.7 Å². The van der Waals surface area contributed by atoms with Gasteiger partial charge >= 0.3 is 0 Å². The molecule has 0 unspecified atom stereocenters. The van der Waals surface area contributed by atoms with E-state index in [2.05, 4.69) is 15.0 Å². The zero-order valence-corrected chi connectivity index (χ0v) is 20.0. The molecule has 1 fully saturated rings. The smallest absolute Gasteiger partial charge is 0.269 e. The second kappa shape index (κ2) is 8.61. The average Bonchev–Trinajstić information content (AvgIpc) is 3.27. The van der Waals surface area contributed by atoms with E-state index in [4.69, 9.17) is 16.3 Å². The van der Waals surface area contributed by atoms with Crippen LogP contribution in [-0.4, -0.2) is 53.1 Å². The van der Waals surface area contributed by atoms with E-state index in [1.807, 2.05) is 13.8 Å². The van der Waals surface area contributed by atoms with Gasteiger partial charge in [-0.3, -0.25) is 0 Å². The molecule has 0 saturated carbocycles. The summed E-state index contributed by atoms with van der Waals surface area (Å²) < 4.78 is 48.0. The summed E-state index contributed by atoms with van der Waals surface area (Å²) in [6, 6.07) is 9.76. The maximum atomic E-state index is 14.9. The maximum Gasteiger partial charge on any atom is 0.269 e. The maximum absolute atomic E-state index is 14.9. The third-order valence-electron chi connectivity index (χ3n) is 5.81.